The number of nitrogens with two attached hydrogens (primary N) is 1. The van der Waals surface area contributed by atoms with E-state index in [4.69, 9.17) is 10.9 Å². The van der Waals surface area contributed by atoms with E-state index in [0.717, 1.165) is 6.54 Å². The van der Waals surface area contributed by atoms with E-state index in [1.165, 1.54) is 37.7 Å². The van der Waals surface area contributed by atoms with Gasteiger partial charge in [0.15, 0.2) is 0 Å². The molecule has 0 radical (unpaired) electrons. The summed E-state index contributed by atoms with van der Waals surface area (Å²) in [4.78, 5) is 0. The monoisotopic (exact) mass is 289 g/mol. The maximum Gasteiger partial charge on any atom is 0.141 e. The van der Waals surface area contributed by atoms with Crippen molar-refractivity contribution in [1.29, 1.82) is 0 Å². The van der Waals surface area contributed by atoms with Gasteiger partial charge in [-0.15, -0.1) is 0 Å². The highest BCUT2D eigenvalue weighted by atomic mass is 16.4. The molecule has 0 bridgehead atoms. The fourth-order valence-electron chi connectivity index (χ4n) is 3.36. The number of rotatable bonds is 7. The highest BCUT2D eigenvalue weighted by molar-refractivity contribution is 5.80. The maximum atomic E-state index is 8.84. The molecule has 0 aromatic heterocycles. The van der Waals surface area contributed by atoms with E-state index in [1.807, 2.05) is 18.2 Å². The minimum atomic E-state index is 0.103. The largest absolute Gasteiger partial charge is 0.409 e. The van der Waals surface area contributed by atoms with E-state index in [9.17, 15) is 0 Å². The molecule has 0 heterocycles. The summed E-state index contributed by atoms with van der Waals surface area (Å²) in [5.41, 5.74) is 7.34. The van der Waals surface area contributed by atoms with Crippen molar-refractivity contribution in [3.05, 3.63) is 35.9 Å². The molecule has 4 heteroatoms. The molecule has 1 aliphatic carbocycles. The lowest BCUT2D eigenvalue weighted by molar-refractivity contribution is 0.256. The van der Waals surface area contributed by atoms with Crippen LogP contribution in [0.15, 0.2) is 35.5 Å². The Morgan fingerprint density at radius 1 is 1.33 bits per heavy atom. The summed E-state index contributed by atoms with van der Waals surface area (Å²) in [7, 11) is 0. The fourth-order valence-corrected chi connectivity index (χ4v) is 3.36. The molecule has 21 heavy (non-hydrogen) atoms. The Balaban J connectivity index is 2.05. The van der Waals surface area contributed by atoms with Crippen LogP contribution in [0.5, 0.6) is 0 Å². The molecule has 1 atom stereocenters. The van der Waals surface area contributed by atoms with Crippen LogP contribution in [0.4, 0.5) is 0 Å². The van der Waals surface area contributed by atoms with Crippen LogP contribution < -0.4 is 11.1 Å². The molecule has 0 spiro atoms. The molecule has 1 aliphatic rings. The molecule has 0 amide bonds. The van der Waals surface area contributed by atoms with Crippen LogP contribution in [0.1, 0.15) is 57.1 Å². The summed E-state index contributed by atoms with van der Waals surface area (Å²) in [6.07, 6.45) is 7.03. The topological polar surface area (TPSA) is 70.6 Å². The first-order valence-electron chi connectivity index (χ1n) is 7.94. The molecule has 0 aliphatic heterocycles. The van der Waals surface area contributed by atoms with E-state index < -0.39 is 0 Å². The Labute approximate surface area is 127 Å². The third kappa shape index (κ3) is 4.21. The highest BCUT2D eigenvalue weighted by Gasteiger charge is 2.32. The van der Waals surface area contributed by atoms with Crippen molar-refractivity contribution in [2.75, 3.05) is 6.54 Å². The first-order chi connectivity index (χ1) is 10.2. The standard InChI is InChI=1S/C17H27N3O/c1-2-17(10-6-7-11-17)13-19-15(12-16(18)20-21)14-8-4-3-5-9-14/h3-5,8-9,15,19,21H,2,6-7,10-13H2,1H3,(H2,18,20). The maximum absolute atomic E-state index is 8.84. The minimum absolute atomic E-state index is 0.103. The van der Waals surface area contributed by atoms with Gasteiger partial charge in [-0.25, -0.2) is 0 Å². The van der Waals surface area contributed by atoms with Gasteiger partial charge < -0.3 is 16.3 Å². The van der Waals surface area contributed by atoms with Gasteiger partial charge in [0.25, 0.3) is 0 Å². The zero-order valence-electron chi connectivity index (χ0n) is 12.9. The predicted octanol–water partition coefficient (Wildman–Crippen LogP) is 3.42. The van der Waals surface area contributed by atoms with E-state index in [2.05, 4.69) is 29.5 Å². The summed E-state index contributed by atoms with van der Waals surface area (Å²) >= 11 is 0. The van der Waals surface area contributed by atoms with Gasteiger partial charge in [0.2, 0.25) is 0 Å². The summed E-state index contributed by atoms with van der Waals surface area (Å²) in [5.74, 6) is 0.272. The van der Waals surface area contributed by atoms with E-state index in [-0.39, 0.29) is 11.9 Å². The zero-order chi connectivity index (χ0) is 15.1. The van der Waals surface area contributed by atoms with Crippen molar-refractivity contribution in [1.82, 2.24) is 5.32 Å². The number of nitrogens with one attached hydrogen (secondary N) is 1. The normalized spacial score (nSPS) is 19.6. The average molecular weight is 289 g/mol. The Bertz CT molecular complexity index is 452. The second-order valence-electron chi connectivity index (χ2n) is 6.20. The molecule has 4 N–H and O–H groups in total. The van der Waals surface area contributed by atoms with E-state index >= 15 is 0 Å². The summed E-state index contributed by atoms with van der Waals surface area (Å²) in [6.45, 7) is 3.29. The molecular formula is C17H27N3O. The van der Waals surface area contributed by atoms with Crippen LogP contribution in [-0.2, 0) is 0 Å². The molecule has 1 fully saturated rings. The Morgan fingerprint density at radius 2 is 2.00 bits per heavy atom. The van der Waals surface area contributed by atoms with Crippen molar-refractivity contribution >= 4 is 5.84 Å². The van der Waals surface area contributed by atoms with Crippen LogP contribution in [0.3, 0.4) is 0 Å². The second-order valence-corrected chi connectivity index (χ2v) is 6.20. The quantitative estimate of drug-likeness (QED) is 0.312. The van der Waals surface area contributed by atoms with Crippen molar-refractivity contribution in [3.8, 4) is 0 Å². The van der Waals surface area contributed by atoms with Gasteiger partial charge in [-0.05, 0) is 30.2 Å². The van der Waals surface area contributed by atoms with E-state index in [0.29, 0.717) is 11.8 Å². The molecule has 1 saturated carbocycles. The predicted molar refractivity (Wildman–Crippen MR) is 86.4 cm³/mol. The first-order valence-corrected chi connectivity index (χ1v) is 7.94. The molecule has 1 unspecified atom stereocenters. The average Bonchev–Trinajstić information content (AvgIpc) is 3.01. The number of hydrogen-bond donors (Lipinski definition) is 3. The molecule has 1 aromatic carbocycles. The van der Waals surface area contributed by atoms with Gasteiger partial charge in [0.05, 0.1) is 0 Å². The Morgan fingerprint density at radius 3 is 2.57 bits per heavy atom. The third-order valence-electron chi connectivity index (χ3n) is 4.88. The fraction of sp³-hybridized carbons (Fsp3) is 0.588. The number of amidine groups is 1. The zero-order valence-corrected chi connectivity index (χ0v) is 12.9. The number of nitrogens with zero attached hydrogens (tertiary/aromatic N) is 1. The molecule has 4 nitrogen and oxygen atoms in total. The molecular weight excluding hydrogens is 262 g/mol. The minimum Gasteiger partial charge on any atom is -0.409 e. The molecule has 0 saturated heterocycles. The summed E-state index contributed by atoms with van der Waals surface area (Å²) < 4.78 is 0. The Hall–Kier alpha value is -1.55. The van der Waals surface area contributed by atoms with Crippen LogP contribution in [0.25, 0.3) is 0 Å². The van der Waals surface area contributed by atoms with Crippen LogP contribution in [-0.4, -0.2) is 17.6 Å². The number of oxime groups is 1. The van der Waals surface area contributed by atoms with Gasteiger partial charge >= 0.3 is 0 Å². The van der Waals surface area contributed by atoms with E-state index in [1.54, 1.807) is 0 Å². The van der Waals surface area contributed by atoms with Crippen LogP contribution in [0, 0.1) is 5.41 Å². The van der Waals surface area contributed by atoms with Gasteiger partial charge in [-0.3, -0.25) is 0 Å². The SMILES string of the molecule is CCC1(CNC(C/C(N)=N/O)c2ccccc2)CCCC1. The summed E-state index contributed by atoms with van der Waals surface area (Å²) in [6, 6.07) is 10.4. The number of hydrogen-bond acceptors (Lipinski definition) is 3. The third-order valence-corrected chi connectivity index (χ3v) is 4.88. The Kier molecular flexibility index (Phi) is 5.62. The van der Waals surface area contributed by atoms with Crippen molar-refractivity contribution < 1.29 is 5.21 Å². The van der Waals surface area contributed by atoms with Gasteiger partial charge in [0, 0.05) is 19.0 Å². The molecule has 1 aromatic rings. The first kappa shape index (κ1) is 15.8. The van der Waals surface area contributed by atoms with Gasteiger partial charge in [-0.1, -0.05) is 55.3 Å². The van der Waals surface area contributed by atoms with Crippen molar-refractivity contribution in [2.24, 2.45) is 16.3 Å². The number of benzene rings is 1. The van der Waals surface area contributed by atoms with Crippen LogP contribution in [0.2, 0.25) is 0 Å². The lowest BCUT2D eigenvalue weighted by Gasteiger charge is -2.31. The lowest BCUT2D eigenvalue weighted by atomic mass is 9.83. The smallest absolute Gasteiger partial charge is 0.141 e. The second kappa shape index (κ2) is 7.46. The van der Waals surface area contributed by atoms with Crippen LogP contribution >= 0.6 is 0 Å². The van der Waals surface area contributed by atoms with Crippen molar-refractivity contribution in [2.45, 2.75) is 51.5 Å². The summed E-state index contributed by atoms with van der Waals surface area (Å²) in [5, 5.41) is 15.6. The molecule has 116 valence electrons. The molecule has 2 rings (SSSR count). The lowest BCUT2D eigenvalue weighted by Crippen LogP contribution is -2.36. The highest BCUT2D eigenvalue weighted by Crippen LogP contribution is 2.40. The van der Waals surface area contributed by atoms with Gasteiger partial charge in [-0.2, -0.15) is 0 Å². The van der Waals surface area contributed by atoms with Gasteiger partial charge in [0.1, 0.15) is 5.84 Å². The van der Waals surface area contributed by atoms with Crippen molar-refractivity contribution in [3.63, 3.8) is 0 Å².